The second-order valence-corrected chi connectivity index (χ2v) is 4.77. The average Bonchev–Trinajstić information content (AvgIpc) is 2.76. The van der Waals surface area contributed by atoms with Gasteiger partial charge in [0.2, 0.25) is 0 Å². The molecule has 1 fully saturated rings. The topological polar surface area (TPSA) is 36.4 Å². The zero-order chi connectivity index (χ0) is 9.97. The Kier molecular flexibility index (Phi) is 3.15. The molecule has 1 atom stereocenters. The molecule has 4 heteroatoms. The van der Waals surface area contributed by atoms with Gasteiger partial charge in [0.15, 0.2) is 0 Å². The zero-order valence-corrected chi connectivity index (χ0v) is 9.26. The molecule has 0 amide bonds. The minimum absolute atomic E-state index is 0.282. The molecule has 0 aromatic carbocycles. The van der Waals surface area contributed by atoms with E-state index in [1.54, 1.807) is 11.3 Å². The van der Waals surface area contributed by atoms with Crippen molar-refractivity contribution in [2.75, 3.05) is 13.2 Å². The third kappa shape index (κ3) is 2.13. The number of aliphatic hydroxyl groups excluding tert-OH is 1. The van der Waals surface area contributed by atoms with Gasteiger partial charge in [0, 0.05) is 17.1 Å². The van der Waals surface area contributed by atoms with Crippen LogP contribution < -0.4 is 0 Å². The van der Waals surface area contributed by atoms with E-state index >= 15 is 0 Å². The van der Waals surface area contributed by atoms with Crippen LogP contribution in [0.15, 0.2) is 5.38 Å². The van der Waals surface area contributed by atoms with Crippen molar-refractivity contribution in [2.45, 2.75) is 32.4 Å². The van der Waals surface area contributed by atoms with E-state index in [9.17, 15) is 0 Å². The number of aromatic nitrogens is 1. The van der Waals surface area contributed by atoms with Crippen LogP contribution in [0.1, 0.15) is 23.5 Å². The molecule has 3 nitrogen and oxygen atoms in total. The molecular formula is C10H16N2OS. The fourth-order valence-electron chi connectivity index (χ4n) is 1.96. The highest BCUT2D eigenvalue weighted by Crippen LogP contribution is 2.20. The van der Waals surface area contributed by atoms with E-state index in [0.29, 0.717) is 6.04 Å². The smallest absolute Gasteiger partial charge is 0.107 e. The Bertz CT molecular complexity index is 300. The Morgan fingerprint density at radius 2 is 2.57 bits per heavy atom. The average molecular weight is 212 g/mol. The van der Waals surface area contributed by atoms with Crippen LogP contribution in [0.4, 0.5) is 0 Å². The third-order valence-corrected chi connectivity index (χ3v) is 3.67. The first kappa shape index (κ1) is 10.1. The van der Waals surface area contributed by atoms with Gasteiger partial charge in [0.05, 0.1) is 13.2 Å². The summed E-state index contributed by atoms with van der Waals surface area (Å²) in [6, 6.07) is 0.360. The molecule has 2 heterocycles. The summed E-state index contributed by atoms with van der Waals surface area (Å²) >= 11 is 1.71. The number of likely N-dealkylation sites (tertiary alicyclic amines) is 1. The fourth-order valence-corrected chi connectivity index (χ4v) is 2.76. The molecule has 1 aromatic rings. The molecule has 1 aromatic heterocycles. The monoisotopic (exact) mass is 212 g/mol. The number of aryl methyl sites for hydroxylation is 1. The lowest BCUT2D eigenvalue weighted by Crippen LogP contribution is -2.31. The van der Waals surface area contributed by atoms with Gasteiger partial charge in [-0.25, -0.2) is 4.98 Å². The fraction of sp³-hybridized carbons (Fsp3) is 0.700. The van der Waals surface area contributed by atoms with Crippen LogP contribution in [0.25, 0.3) is 0 Å². The van der Waals surface area contributed by atoms with E-state index < -0.39 is 0 Å². The summed E-state index contributed by atoms with van der Waals surface area (Å²) < 4.78 is 0. The Morgan fingerprint density at radius 1 is 1.71 bits per heavy atom. The van der Waals surface area contributed by atoms with E-state index in [4.69, 9.17) is 5.11 Å². The van der Waals surface area contributed by atoms with Crippen molar-refractivity contribution >= 4 is 11.3 Å². The van der Waals surface area contributed by atoms with Crippen molar-refractivity contribution in [3.05, 3.63) is 16.1 Å². The van der Waals surface area contributed by atoms with E-state index in [1.807, 2.05) is 6.92 Å². The van der Waals surface area contributed by atoms with Crippen molar-refractivity contribution in [2.24, 2.45) is 0 Å². The Balaban J connectivity index is 1.96. The second-order valence-electron chi connectivity index (χ2n) is 3.83. The van der Waals surface area contributed by atoms with Crippen LogP contribution in [0.3, 0.4) is 0 Å². The maximum absolute atomic E-state index is 9.16. The lowest BCUT2D eigenvalue weighted by molar-refractivity contribution is 0.153. The van der Waals surface area contributed by atoms with Crippen LogP contribution in [0, 0.1) is 6.92 Å². The van der Waals surface area contributed by atoms with Crippen LogP contribution >= 0.6 is 11.3 Å². The highest BCUT2D eigenvalue weighted by atomic mass is 32.1. The van der Waals surface area contributed by atoms with Crippen LogP contribution in [-0.2, 0) is 6.54 Å². The van der Waals surface area contributed by atoms with Crippen molar-refractivity contribution < 1.29 is 5.11 Å². The summed E-state index contributed by atoms with van der Waals surface area (Å²) in [6.07, 6.45) is 2.33. The first-order valence-electron chi connectivity index (χ1n) is 5.05. The highest BCUT2D eigenvalue weighted by Gasteiger charge is 2.24. The van der Waals surface area contributed by atoms with Gasteiger partial charge < -0.3 is 5.11 Å². The molecule has 0 unspecified atom stereocenters. The zero-order valence-electron chi connectivity index (χ0n) is 8.44. The second kappa shape index (κ2) is 4.38. The molecule has 1 aliphatic heterocycles. The number of thiazole rings is 1. The molecule has 0 spiro atoms. The summed E-state index contributed by atoms with van der Waals surface area (Å²) in [7, 11) is 0. The molecule has 78 valence electrons. The van der Waals surface area contributed by atoms with Crippen molar-refractivity contribution in [1.29, 1.82) is 0 Å². The molecule has 0 bridgehead atoms. The van der Waals surface area contributed by atoms with Gasteiger partial charge >= 0.3 is 0 Å². The van der Waals surface area contributed by atoms with Crippen LogP contribution in [0.2, 0.25) is 0 Å². The lowest BCUT2D eigenvalue weighted by atomic mass is 10.2. The Labute approximate surface area is 88.4 Å². The highest BCUT2D eigenvalue weighted by molar-refractivity contribution is 7.09. The number of rotatable bonds is 3. The molecule has 0 saturated carbocycles. The first-order valence-corrected chi connectivity index (χ1v) is 5.93. The molecule has 0 radical (unpaired) electrons. The minimum atomic E-state index is 0.282. The van der Waals surface area contributed by atoms with Gasteiger partial charge in [-0.05, 0) is 26.3 Å². The summed E-state index contributed by atoms with van der Waals surface area (Å²) in [5.74, 6) is 0. The maximum atomic E-state index is 9.16. The van der Waals surface area contributed by atoms with E-state index in [-0.39, 0.29) is 6.61 Å². The van der Waals surface area contributed by atoms with Gasteiger partial charge in [-0.2, -0.15) is 0 Å². The predicted octanol–water partition coefficient (Wildman–Crippen LogP) is 1.41. The van der Waals surface area contributed by atoms with Crippen molar-refractivity contribution in [3.63, 3.8) is 0 Å². The lowest BCUT2D eigenvalue weighted by Gasteiger charge is -2.20. The van der Waals surface area contributed by atoms with Crippen LogP contribution in [-0.4, -0.2) is 34.2 Å². The standard InChI is InChI=1S/C10H16N2OS/c1-8-7-14-10(11-8)5-12-4-2-3-9(12)6-13/h7,9,13H,2-6H2,1H3/t9-/m1/s1. The number of hydrogen-bond donors (Lipinski definition) is 1. The summed E-state index contributed by atoms with van der Waals surface area (Å²) in [4.78, 5) is 6.77. The van der Waals surface area contributed by atoms with Gasteiger partial charge in [-0.15, -0.1) is 11.3 Å². The third-order valence-electron chi connectivity index (χ3n) is 2.71. The molecule has 1 saturated heterocycles. The Morgan fingerprint density at radius 3 is 3.21 bits per heavy atom. The molecule has 14 heavy (non-hydrogen) atoms. The maximum Gasteiger partial charge on any atom is 0.107 e. The molecule has 2 rings (SSSR count). The van der Waals surface area contributed by atoms with Crippen LogP contribution in [0.5, 0.6) is 0 Å². The van der Waals surface area contributed by atoms with E-state index in [0.717, 1.165) is 25.2 Å². The first-order chi connectivity index (χ1) is 6.79. The van der Waals surface area contributed by atoms with Crippen molar-refractivity contribution in [1.82, 2.24) is 9.88 Å². The number of nitrogens with zero attached hydrogens (tertiary/aromatic N) is 2. The van der Waals surface area contributed by atoms with Crippen molar-refractivity contribution in [3.8, 4) is 0 Å². The molecular weight excluding hydrogens is 196 g/mol. The summed E-state index contributed by atoms with van der Waals surface area (Å²) in [6.45, 7) is 4.31. The quantitative estimate of drug-likeness (QED) is 0.823. The SMILES string of the molecule is Cc1csc(CN2CCC[C@@H]2CO)n1. The largest absolute Gasteiger partial charge is 0.395 e. The van der Waals surface area contributed by atoms with E-state index in [1.165, 1.54) is 11.4 Å². The molecule has 0 aliphatic carbocycles. The molecule has 1 aliphatic rings. The normalized spacial score (nSPS) is 23.1. The summed E-state index contributed by atoms with van der Waals surface area (Å²) in [5.41, 5.74) is 1.10. The van der Waals surface area contributed by atoms with E-state index in [2.05, 4.69) is 15.3 Å². The Hall–Kier alpha value is -0.450. The van der Waals surface area contributed by atoms with Gasteiger partial charge in [0.25, 0.3) is 0 Å². The number of hydrogen-bond acceptors (Lipinski definition) is 4. The van der Waals surface area contributed by atoms with Gasteiger partial charge in [-0.3, -0.25) is 4.90 Å². The minimum Gasteiger partial charge on any atom is -0.395 e. The molecule has 1 N–H and O–H groups in total. The van der Waals surface area contributed by atoms with Gasteiger partial charge in [-0.1, -0.05) is 0 Å². The number of aliphatic hydroxyl groups is 1. The summed E-state index contributed by atoms with van der Waals surface area (Å²) in [5, 5.41) is 12.4. The van der Waals surface area contributed by atoms with Gasteiger partial charge in [0.1, 0.15) is 5.01 Å². The predicted molar refractivity (Wildman–Crippen MR) is 57.4 cm³/mol.